The monoisotopic (exact) mass is 287 g/mol. The molecule has 0 amide bonds. The molecule has 0 fully saturated rings. The lowest BCUT2D eigenvalue weighted by atomic mass is 10.2. The van der Waals surface area contributed by atoms with Crippen LogP contribution in [0, 0.1) is 5.92 Å². The van der Waals surface area contributed by atoms with E-state index in [1.165, 1.54) is 0 Å². The summed E-state index contributed by atoms with van der Waals surface area (Å²) >= 11 is 0. The molecule has 0 radical (unpaired) electrons. The molecule has 0 spiro atoms. The van der Waals surface area contributed by atoms with Gasteiger partial charge in [-0.15, -0.1) is 0 Å². The Labute approximate surface area is 119 Å². The van der Waals surface area contributed by atoms with Gasteiger partial charge < -0.3 is 9.84 Å². The van der Waals surface area contributed by atoms with Gasteiger partial charge in [0.15, 0.2) is 0 Å². The zero-order chi connectivity index (χ0) is 14.2. The Morgan fingerprint density at radius 1 is 1.05 bits per heavy atom. The summed E-state index contributed by atoms with van der Waals surface area (Å²) in [6.45, 7) is 4.12. The minimum absolute atomic E-state index is 0.203. The lowest BCUT2D eigenvalue weighted by molar-refractivity contribution is 0.453. The Hall–Kier alpha value is -1.73. The van der Waals surface area contributed by atoms with Gasteiger partial charge in [-0.1, -0.05) is 44.2 Å². The molecule has 104 valence electrons. The first kappa shape index (κ1) is 13.3. The third-order valence-electron chi connectivity index (χ3n) is 3.54. The SMILES string of the molecule is CC(C)[C@H]1Nc2ccccc2O[P@@]1(=O)c1ccccc1. The second-order valence-electron chi connectivity index (χ2n) is 5.35. The van der Waals surface area contributed by atoms with Crippen LogP contribution < -0.4 is 15.1 Å². The van der Waals surface area contributed by atoms with E-state index in [0.29, 0.717) is 5.75 Å². The van der Waals surface area contributed by atoms with Crippen LogP contribution in [0.5, 0.6) is 5.75 Å². The average Bonchev–Trinajstić information content (AvgIpc) is 2.47. The quantitative estimate of drug-likeness (QED) is 0.846. The first-order valence-corrected chi connectivity index (χ1v) is 8.51. The highest BCUT2D eigenvalue weighted by Gasteiger charge is 2.43. The maximum atomic E-state index is 13.5. The predicted molar refractivity (Wildman–Crippen MR) is 83.0 cm³/mol. The molecule has 3 rings (SSSR count). The van der Waals surface area contributed by atoms with E-state index in [9.17, 15) is 4.57 Å². The van der Waals surface area contributed by atoms with Gasteiger partial charge in [-0.3, -0.25) is 4.57 Å². The van der Waals surface area contributed by atoms with Crippen molar-refractivity contribution in [3.05, 3.63) is 54.6 Å². The first-order chi connectivity index (χ1) is 9.61. The molecule has 1 aliphatic heterocycles. The number of hydrogen-bond acceptors (Lipinski definition) is 3. The van der Waals surface area contributed by atoms with Crippen LogP contribution >= 0.6 is 7.37 Å². The van der Waals surface area contributed by atoms with Crippen molar-refractivity contribution in [1.82, 2.24) is 0 Å². The van der Waals surface area contributed by atoms with Crippen molar-refractivity contribution in [2.75, 3.05) is 5.32 Å². The van der Waals surface area contributed by atoms with Crippen LogP contribution in [0.3, 0.4) is 0 Å². The van der Waals surface area contributed by atoms with Gasteiger partial charge >= 0.3 is 0 Å². The van der Waals surface area contributed by atoms with Crippen molar-refractivity contribution >= 4 is 18.4 Å². The zero-order valence-corrected chi connectivity index (χ0v) is 12.5. The molecule has 0 saturated carbocycles. The molecule has 0 saturated heterocycles. The largest absolute Gasteiger partial charge is 0.436 e. The molecule has 0 bridgehead atoms. The minimum Gasteiger partial charge on any atom is -0.436 e. The molecular formula is C16H18NO2P. The summed E-state index contributed by atoms with van der Waals surface area (Å²) in [7, 11) is -2.98. The highest BCUT2D eigenvalue weighted by atomic mass is 31.2. The Kier molecular flexibility index (Phi) is 3.31. The topological polar surface area (TPSA) is 38.3 Å². The van der Waals surface area contributed by atoms with E-state index in [0.717, 1.165) is 11.0 Å². The summed E-state index contributed by atoms with van der Waals surface area (Å²) in [5, 5.41) is 4.16. The van der Waals surface area contributed by atoms with Crippen molar-refractivity contribution in [3.63, 3.8) is 0 Å². The molecule has 2 aromatic carbocycles. The smallest absolute Gasteiger partial charge is 0.299 e. The van der Waals surface area contributed by atoms with Gasteiger partial charge in [-0.05, 0) is 30.2 Å². The maximum Gasteiger partial charge on any atom is 0.299 e. The number of para-hydroxylation sites is 2. The number of benzene rings is 2. The van der Waals surface area contributed by atoms with Gasteiger partial charge in [0.25, 0.3) is 7.37 Å². The van der Waals surface area contributed by atoms with Crippen LogP contribution in [0.15, 0.2) is 54.6 Å². The molecule has 0 unspecified atom stereocenters. The molecule has 1 heterocycles. The molecule has 0 aliphatic carbocycles. The average molecular weight is 287 g/mol. The van der Waals surface area contributed by atoms with E-state index in [2.05, 4.69) is 19.2 Å². The van der Waals surface area contributed by atoms with Crippen LogP contribution in [0.2, 0.25) is 0 Å². The second-order valence-corrected chi connectivity index (χ2v) is 7.80. The Bertz CT molecular complexity index is 655. The first-order valence-electron chi connectivity index (χ1n) is 6.82. The van der Waals surface area contributed by atoms with Gasteiger partial charge in [0.05, 0.1) is 11.0 Å². The summed E-state index contributed by atoms with van der Waals surface area (Å²) in [6.07, 6.45) is 0. The summed E-state index contributed by atoms with van der Waals surface area (Å²) in [5.41, 5.74) is 0.911. The number of anilines is 1. The fraction of sp³-hybridized carbons (Fsp3) is 0.250. The van der Waals surface area contributed by atoms with E-state index >= 15 is 0 Å². The highest BCUT2D eigenvalue weighted by molar-refractivity contribution is 7.68. The zero-order valence-electron chi connectivity index (χ0n) is 11.6. The molecule has 2 aromatic rings. The number of hydrogen-bond donors (Lipinski definition) is 1. The van der Waals surface area contributed by atoms with E-state index in [4.69, 9.17) is 4.52 Å². The molecule has 1 N–H and O–H groups in total. The lowest BCUT2D eigenvalue weighted by Gasteiger charge is -2.37. The number of nitrogens with one attached hydrogen (secondary N) is 1. The molecule has 3 nitrogen and oxygen atoms in total. The standard InChI is InChI=1S/C16H18NO2P/c1-12(2)16-17-14-10-6-7-11-15(14)19-20(16,18)13-8-4-3-5-9-13/h3-12,16-17H,1-2H3/t16-,20-/m0/s1. The van der Waals surface area contributed by atoms with Crippen molar-refractivity contribution < 1.29 is 9.09 Å². The fourth-order valence-corrected chi connectivity index (χ4v) is 5.19. The fourth-order valence-electron chi connectivity index (χ4n) is 2.52. The summed E-state index contributed by atoms with van der Waals surface area (Å²) < 4.78 is 19.5. The Balaban J connectivity index is 2.11. The summed E-state index contributed by atoms with van der Waals surface area (Å²) in [5.74, 6) is 0.658. The Morgan fingerprint density at radius 3 is 2.40 bits per heavy atom. The third kappa shape index (κ3) is 2.12. The van der Waals surface area contributed by atoms with Crippen LogP contribution in [0.1, 0.15) is 13.8 Å². The van der Waals surface area contributed by atoms with Crippen LogP contribution in [-0.2, 0) is 4.57 Å². The molecule has 4 heteroatoms. The van der Waals surface area contributed by atoms with Crippen molar-refractivity contribution in [1.29, 1.82) is 0 Å². The third-order valence-corrected chi connectivity index (χ3v) is 6.48. The molecule has 0 aromatic heterocycles. The van der Waals surface area contributed by atoms with Gasteiger partial charge in [0.2, 0.25) is 0 Å². The van der Waals surface area contributed by atoms with Crippen LogP contribution in [-0.4, -0.2) is 5.78 Å². The van der Waals surface area contributed by atoms with E-state index < -0.39 is 7.37 Å². The molecular weight excluding hydrogens is 269 g/mol. The highest BCUT2D eigenvalue weighted by Crippen LogP contribution is 2.57. The van der Waals surface area contributed by atoms with E-state index in [1.54, 1.807) is 0 Å². The molecule has 1 aliphatic rings. The minimum atomic E-state index is -2.98. The summed E-state index contributed by atoms with van der Waals surface area (Å²) in [6, 6.07) is 17.1. The van der Waals surface area contributed by atoms with Crippen LogP contribution in [0.4, 0.5) is 5.69 Å². The Morgan fingerprint density at radius 2 is 1.70 bits per heavy atom. The normalized spacial score (nSPS) is 24.6. The van der Waals surface area contributed by atoms with Gasteiger partial charge in [0, 0.05) is 0 Å². The van der Waals surface area contributed by atoms with Crippen molar-refractivity contribution in [2.24, 2.45) is 5.92 Å². The maximum absolute atomic E-state index is 13.5. The lowest BCUT2D eigenvalue weighted by Crippen LogP contribution is -2.35. The van der Waals surface area contributed by atoms with Crippen molar-refractivity contribution in [2.45, 2.75) is 19.6 Å². The predicted octanol–water partition coefficient (Wildman–Crippen LogP) is 4.08. The summed E-state index contributed by atoms with van der Waals surface area (Å²) in [4.78, 5) is 0. The number of fused-ring (bicyclic) bond motifs is 1. The molecule has 20 heavy (non-hydrogen) atoms. The van der Waals surface area contributed by atoms with E-state index in [-0.39, 0.29) is 11.7 Å². The van der Waals surface area contributed by atoms with Crippen molar-refractivity contribution in [3.8, 4) is 5.75 Å². The van der Waals surface area contributed by atoms with Gasteiger partial charge in [0.1, 0.15) is 11.5 Å². The van der Waals surface area contributed by atoms with Crippen LogP contribution in [0.25, 0.3) is 0 Å². The second kappa shape index (κ2) is 4.99. The number of rotatable bonds is 2. The van der Waals surface area contributed by atoms with Gasteiger partial charge in [-0.25, -0.2) is 0 Å². The molecule has 2 atom stereocenters. The van der Waals surface area contributed by atoms with E-state index in [1.807, 2.05) is 54.6 Å². The van der Waals surface area contributed by atoms with Gasteiger partial charge in [-0.2, -0.15) is 0 Å².